The number of hydrogen-bond acceptors (Lipinski definition) is 6. The number of aromatic nitrogens is 2. The molecule has 0 unspecified atom stereocenters. The molecule has 1 amide bonds. The Morgan fingerprint density at radius 1 is 1.06 bits per heavy atom. The van der Waals surface area contributed by atoms with Gasteiger partial charge in [0.15, 0.2) is 0 Å². The fourth-order valence-corrected chi connectivity index (χ4v) is 6.04. The summed E-state index contributed by atoms with van der Waals surface area (Å²) in [6.07, 6.45) is 3.27. The normalized spacial score (nSPS) is 17.1. The number of nitrogens with zero attached hydrogens (tertiary/aromatic N) is 4. The lowest BCUT2D eigenvalue weighted by Gasteiger charge is -2.29. The van der Waals surface area contributed by atoms with Crippen LogP contribution < -0.4 is 4.90 Å². The molecular formula is C25H28N4O4S. The molecule has 9 heteroatoms. The van der Waals surface area contributed by atoms with Crippen LogP contribution in [0.5, 0.6) is 0 Å². The van der Waals surface area contributed by atoms with Crippen LogP contribution in [0.3, 0.4) is 0 Å². The Hall–Kier alpha value is -3.04. The summed E-state index contributed by atoms with van der Waals surface area (Å²) in [5, 5.41) is 4.02. The second-order valence-corrected chi connectivity index (χ2v) is 11.0. The Kier molecular flexibility index (Phi) is 6.22. The van der Waals surface area contributed by atoms with Crippen LogP contribution in [0.2, 0.25) is 0 Å². The minimum Gasteiger partial charge on any atom is -0.339 e. The van der Waals surface area contributed by atoms with E-state index in [2.05, 4.69) is 23.1 Å². The molecule has 1 aromatic heterocycles. The molecule has 5 rings (SSSR count). The van der Waals surface area contributed by atoms with Crippen molar-refractivity contribution in [1.29, 1.82) is 0 Å². The molecule has 1 fully saturated rings. The van der Waals surface area contributed by atoms with E-state index < -0.39 is 10.0 Å². The van der Waals surface area contributed by atoms with Crippen LogP contribution in [-0.4, -0.2) is 48.4 Å². The fourth-order valence-electron chi connectivity index (χ4n) is 4.57. The topological polar surface area (TPSA) is 96.6 Å². The molecule has 8 nitrogen and oxygen atoms in total. The van der Waals surface area contributed by atoms with Crippen molar-refractivity contribution in [2.24, 2.45) is 5.92 Å². The number of fused-ring (bicyclic) bond motifs is 1. The third-order valence-corrected chi connectivity index (χ3v) is 8.61. The third-order valence-electron chi connectivity index (χ3n) is 6.70. The standard InChI is InChI=1S/C25H28N4O4S/c1-18-12-15-28(16-13-18)34(31,32)21-8-6-20(7-9-21)25-26-23(33-27-25)10-11-24(30)29-17-14-19-4-2-3-5-22(19)29/h2-9,18H,10-17H2,1H3. The van der Waals surface area contributed by atoms with Crippen LogP contribution in [0.4, 0.5) is 5.69 Å². The molecule has 3 heterocycles. The van der Waals surface area contributed by atoms with E-state index in [4.69, 9.17) is 4.52 Å². The minimum absolute atomic E-state index is 0.0337. The average molecular weight is 481 g/mol. The Morgan fingerprint density at radius 2 is 1.79 bits per heavy atom. The Labute approximate surface area is 199 Å². The summed E-state index contributed by atoms with van der Waals surface area (Å²) in [7, 11) is -3.50. The first-order chi connectivity index (χ1) is 16.4. The molecule has 0 atom stereocenters. The molecule has 1 saturated heterocycles. The number of carbonyl (C=O) groups excluding carboxylic acids is 1. The van der Waals surface area contributed by atoms with Crippen molar-refractivity contribution in [2.45, 2.75) is 43.9 Å². The highest BCUT2D eigenvalue weighted by Crippen LogP contribution is 2.28. The first kappa shape index (κ1) is 22.7. The molecule has 0 bridgehead atoms. The maximum atomic E-state index is 12.9. The van der Waals surface area contributed by atoms with Crippen molar-refractivity contribution in [3.63, 3.8) is 0 Å². The highest BCUT2D eigenvalue weighted by Gasteiger charge is 2.28. The first-order valence-electron chi connectivity index (χ1n) is 11.7. The summed E-state index contributed by atoms with van der Waals surface area (Å²) >= 11 is 0. The lowest BCUT2D eigenvalue weighted by atomic mass is 10.0. The van der Waals surface area contributed by atoms with Gasteiger partial charge in [-0.25, -0.2) is 8.42 Å². The molecular weight excluding hydrogens is 452 g/mol. The Morgan fingerprint density at radius 3 is 2.56 bits per heavy atom. The van der Waals surface area contributed by atoms with Gasteiger partial charge in [0.1, 0.15) is 0 Å². The number of sulfonamides is 1. The van der Waals surface area contributed by atoms with Gasteiger partial charge in [-0.1, -0.05) is 30.3 Å². The number of carbonyl (C=O) groups is 1. The number of aryl methyl sites for hydroxylation is 1. The largest absolute Gasteiger partial charge is 0.339 e. The highest BCUT2D eigenvalue weighted by atomic mass is 32.2. The molecule has 2 aliphatic heterocycles. The van der Waals surface area contributed by atoms with Crippen molar-refractivity contribution in [1.82, 2.24) is 14.4 Å². The van der Waals surface area contributed by atoms with Gasteiger partial charge in [0.05, 0.1) is 4.90 Å². The van der Waals surface area contributed by atoms with Crippen LogP contribution in [-0.2, 0) is 27.7 Å². The SMILES string of the molecule is CC1CCN(S(=O)(=O)c2ccc(-c3noc(CCC(=O)N4CCc5ccccc54)n3)cc2)CC1. The first-order valence-corrected chi connectivity index (χ1v) is 13.2. The van der Waals surface area contributed by atoms with Gasteiger partial charge < -0.3 is 9.42 Å². The molecule has 34 heavy (non-hydrogen) atoms. The molecule has 178 valence electrons. The Bertz CT molecular complexity index is 1280. The van der Waals surface area contributed by atoms with Crippen LogP contribution in [0.1, 0.15) is 37.6 Å². The van der Waals surface area contributed by atoms with Crippen LogP contribution in [0.25, 0.3) is 11.4 Å². The zero-order valence-corrected chi connectivity index (χ0v) is 20.0. The summed E-state index contributed by atoms with van der Waals surface area (Å²) in [5.41, 5.74) is 2.84. The molecule has 2 aromatic carbocycles. The highest BCUT2D eigenvalue weighted by molar-refractivity contribution is 7.89. The number of benzene rings is 2. The van der Waals surface area contributed by atoms with Gasteiger partial charge >= 0.3 is 0 Å². The maximum Gasteiger partial charge on any atom is 0.243 e. The lowest BCUT2D eigenvalue weighted by Crippen LogP contribution is -2.37. The van der Waals surface area contributed by atoms with Crippen molar-refractivity contribution in [3.05, 3.63) is 60.0 Å². The minimum atomic E-state index is -3.50. The second kappa shape index (κ2) is 9.31. The van der Waals surface area contributed by atoms with Crippen molar-refractivity contribution < 1.29 is 17.7 Å². The zero-order valence-electron chi connectivity index (χ0n) is 19.2. The van der Waals surface area contributed by atoms with Gasteiger partial charge in [-0.2, -0.15) is 9.29 Å². The van der Waals surface area contributed by atoms with E-state index in [0.717, 1.165) is 24.9 Å². The summed E-state index contributed by atoms with van der Waals surface area (Å²) in [6.45, 7) is 3.96. The van der Waals surface area contributed by atoms with Gasteiger partial charge in [0, 0.05) is 43.7 Å². The number of para-hydroxylation sites is 1. The summed E-state index contributed by atoms with van der Waals surface area (Å²) < 4.78 is 32.7. The number of rotatable bonds is 6. The summed E-state index contributed by atoms with van der Waals surface area (Å²) in [5.74, 6) is 1.36. The molecule has 3 aromatic rings. The van der Waals surface area contributed by atoms with Crippen molar-refractivity contribution in [2.75, 3.05) is 24.5 Å². The summed E-state index contributed by atoms with van der Waals surface area (Å²) in [4.78, 5) is 19.2. The quantitative estimate of drug-likeness (QED) is 0.534. The molecule has 0 spiro atoms. The van der Waals surface area contributed by atoms with Crippen molar-refractivity contribution in [3.8, 4) is 11.4 Å². The monoisotopic (exact) mass is 480 g/mol. The number of amides is 1. The fraction of sp³-hybridized carbons (Fsp3) is 0.400. The third kappa shape index (κ3) is 4.50. The molecule has 0 N–H and O–H groups in total. The maximum absolute atomic E-state index is 12.9. The Balaban J connectivity index is 1.21. The van der Waals surface area contributed by atoms with Gasteiger partial charge in [-0.05, 0) is 61.1 Å². The van der Waals surface area contributed by atoms with E-state index in [0.29, 0.717) is 49.3 Å². The van der Waals surface area contributed by atoms with E-state index in [-0.39, 0.29) is 17.2 Å². The van der Waals surface area contributed by atoms with Crippen LogP contribution in [0, 0.1) is 5.92 Å². The van der Waals surface area contributed by atoms with Crippen LogP contribution >= 0.6 is 0 Å². The molecule has 0 aliphatic carbocycles. The van der Waals surface area contributed by atoms with E-state index in [1.807, 2.05) is 23.1 Å². The molecule has 2 aliphatic rings. The second-order valence-electron chi connectivity index (χ2n) is 9.05. The molecule has 0 saturated carbocycles. The van der Waals surface area contributed by atoms with Gasteiger partial charge in [-0.3, -0.25) is 4.79 Å². The lowest BCUT2D eigenvalue weighted by molar-refractivity contribution is -0.118. The average Bonchev–Trinajstić information content (AvgIpc) is 3.50. The van der Waals surface area contributed by atoms with Gasteiger partial charge in [0.25, 0.3) is 0 Å². The number of anilines is 1. The van der Waals surface area contributed by atoms with Gasteiger partial charge in [0.2, 0.25) is 27.6 Å². The van der Waals surface area contributed by atoms with Crippen molar-refractivity contribution >= 4 is 21.6 Å². The zero-order chi connectivity index (χ0) is 23.7. The van der Waals surface area contributed by atoms with Crippen LogP contribution in [0.15, 0.2) is 57.9 Å². The summed E-state index contributed by atoms with van der Waals surface area (Å²) in [6, 6.07) is 14.5. The van der Waals surface area contributed by atoms with Gasteiger partial charge in [-0.15, -0.1) is 0 Å². The van der Waals surface area contributed by atoms with E-state index >= 15 is 0 Å². The number of hydrogen-bond donors (Lipinski definition) is 0. The predicted octanol–water partition coefficient (Wildman–Crippen LogP) is 3.68. The smallest absolute Gasteiger partial charge is 0.243 e. The number of piperidine rings is 1. The van der Waals surface area contributed by atoms with E-state index in [1.54, 1.807) is 28.6 Å². The molecule has 0 radical (unpaired) electrons. The predicted molar refractivity (Wildman–Crippen MR) is 128 cm³/mol. The van der Waals surface area contributed by atoms with E-state index in [1.165, 1.54) is 5.56 Å². The van der Waals surface area contributed by atoms with E-state index in [9.17, 15) is 13.2 Å².